The molecule has 7 heteroatoms. The van der Waals surface area contributed by atoms with Gasteiger partial charge < -0.3 is 15.0 Å². The summed E-state index contributed by atoms with van der Waals surface area (Å²) in [6, 6.07) is 16.6. The second kappa shape index (κ2) is 16.9. The third kappa shape index (κ3) is 10.9. The van der Waals surface area contributed by atoms with Gasteiger partial charge in [0, 0.05) is 42.9 Å². The van der Waals surface area contributed by atoms with E-state index in [0.29, 0.717) is 49.4 Å². The molecule has 0 spiro atoms. The summed E-state index contributed by atoms with van der Waals surface area (Å²) in [7, 11) is 0. The lowest BCUT2D eigenvalue weighted by Gasteiger charge is -2.26. The molecule has 3 aromatic rings. The molecule has 1 N–H and O–H groups in total. The van der Waals surface area contributed by atoms with Crippen LogP contribution in [0.3, 0.4) is 0 Å². The first-order valence-electron chi connectivity index (χ1n) is 15.4. The number of halogens is 2. The fourth-order valence-corrected chi connectivity index (χ4v) is 5.22. The number of carbonyl (C=O) groups excluding carboxylic acids is 2. The van der Waals surface area contributed by atoms with E-state index in [0.717, 1.165) is 30.9 Å². The highest BCUT2D eigenvalue weighted by Crippen LogP contribution is 2.19. The predicted molar refractivity (Wildman–Crippen MR) is 168 cm³/mol. The molecule has 0 saturated heterocycles. The van der Waals surface area contributed by atoms with E-state index in [1.807, 2.05) is 32.6 Å². The highest BCUT2D eigenvalue weighted by molar-refractivity contribution is 6.00. The van der Waals surface area contributed by atoms with Crippen LogP contribution in [0, 0.1) is 31.4 Å². The van der Waals surface area contributed by atoms with Crippen molar-refractivity contribution in [3.63, 3.8) is 0 Å². The standard InChI is InChI=1S/C36H46F2N2O3/c1-6-14-40(15-7-2)36(42)31-19-26(4)18-30(23-31)35(41)39-34(22-29-20-32(37)24-33(38)21-29)27(5)12-16-43-17-13-28-10-8-25(3)9-11-28/h8-11,18-21,23-24,27,34H,6-7,12-17,22H2,1-5H3,(H,39,41). The van der Waals surface area contributed by atoms with Crippen molar-refractivity contribution in [2.45, 2.75) is 72.8 Å². The summed E-state index contributed by atoms with van der Waals surface area (Å²) in [5.74, 6) is -1.78. The number of nitrogens with one attached hydrogen (secondary N) is 1. The molecule has 3 rings (SSSR count). The van der Waals surface area contributed by atoms with Gasteiger partial charge in [-0.05, 0) is 98.9 Å². The first kappa shape index (κ1) is 33.9. The fraction of sp³-hybridized carbons (Fsp3) is 0.444. The van der Waals surface area contributed by atoms with Crippen LogP contribution in [0.1, 0.15) is 83.0 Å². The molecule has 0 aliphatic rings. The van der Waals surface area contributed by atoms with Gasteiger partial charge in [0.25, 0.3) is 11.8 Å². The van der Waals surface area contributed by atoms with Gasteiger partial charge in [0.05, 0.1) is 6.61 Å². The Morgan fingerprint density at radius 3 is 2.07 bits per heavy atom. The Morgan fingerprint density at radius 2 is 1.44 bits per heavy atom. The number of aryl methyl sites for hydroxylation is 2. The van der Waals surface area contributed by atoms with Gasteiger partial charge in [-0.15, -0.1) is 0 Å². The largest absolute Gasteiger partial charge is 0.381 e. The van der Waals surface area contributed by atoms with Gasteiger partial charge in [-0.1, -0.05) is 50.6 Å². The molecule has 2 amide bonds. The molecule has 0 heterocycles. The predicted octanol–water partition coefficient (Wildman–Crippen LogP) is 7.47. The highest BCUT2D eigenvalue weighted by Gasteiger charge is 2.23. The smallest absolute Gasteiger partial charge is 0.253 e. The zero-order chi connectivity index (χ0) is 31.4. The lowest BCUT2D eigenvalue weighted by atomic mass is 9.92. The van der Waals surface area contributed by atoms with Crippen molar-refractivity contribution in [2.24, 2.45) is 5.92 Å². The fourth-order valence-electron chi connectivity index (χ4n) is 5.22. The van der Waals surface area contributed by atoms with Gasteiger partial charge in [0.1, 0.15) is 11.6 Å². The van der Waals surface area contributed by atoms with Crippen molar-refractivity contribution in [2.75, 3.05) is 26.3 Å². The Labute approximate surface area is 255 Å². The van der Waals surface area contributed by atoms with Gasteiger partial charge in [0.2, 0.25) is 0 Å². The van der Waals surface area contributed by atoms with E-state index >= 15 is 0 Å². The van der Waals surface area contributed by atoms with E-state index in [1.54, 1.807) is 18.2 Å². The molecule has 0 aromatic heterocycles. The quantitative estimate of drug-likeness (QED) is 0.176. The molecular formula is C36H46F2N2O3. The van der Waals surface area contributed by atoms with Crippen LogP contribution in [-0.2, 0) is 17.6 Å². The van der Waals surface area contributed by atoms with Gasteiger partial charge >= 0.3 is 0 Å². The molecule has 43 heavy (non-hydrogen) atoms. The van der Waals surface area contributed by atoms with Crippen LogP contribution >= 0.6 is 0 Å². The number of rotatable bonds is 16. The average molecular weight is 593 g/mol. The minimum absolute atomic E-state index is 0.0508. The zero-order valence-electron chi connectivity index (χ0n) is 26.2. The Morgan fingerprint density at radius 1 is 0.814 bits per heavy atom. The zero-order valence-corrected chi connectivity index (χ0v) is 26.2. The molecule has 0 saturated carbocycles. The van der Waals surface area contributed by atoms with Crippen molar-refractivity contribution in [1.82, 2.24) is 10.2 Å². The summed E-state index contributed by atoms with van der Waals surface area (Å²) in [5.41, 5.74) is 4.56. The van der Waals surface area contributed by atoms with E-state index in [-0.39, 0.29) is 24.2 Å². The Bertz CT molecular complexity index is 1320. The third-order valence-corrected chi connectivity index (χ3v) is 7.62. The number of amides is 2. The Kier molecular flexibility index (Phi) is 13.3. The van der Waals surface area contributed by atoms with Crippen LogP contribution in [0.4, 0.5) is 8.78 Å². The van der Waals surface area contributed by atoms with Crippen LogP contribution in [-0.4, -0.2) is 49.1 Å². The molecule has 0 fully saturated rings. The Balaban J connectivity index is 1.72. The van der Waals surface area contributed by atoms with Crippen LogP contribution in [0.25, 0.3) is 0 Å². The van der Waals surface area contributed by atoms with Gasteiger partial charge in [-0.2, -0.15) is 0 Å². The molecule has 0 bridgehead atoms. The lowest BCUT2D eigenvalue weighted by Crippen LogP contribution is -2.41. The van der Waals surface area contributed by atoms with Crippen LogP contribution in [0.15, 0.2) is 60.7 Å². The molecule has 2 atom stereocenters. The summed E-state index contributed by atoms with van der Waals surface area (Å²) in [5, 5.41) is 3.10. The van der Waals surface area contributed by atoms with E-state index in [4.69, 9.17) is 4.74 Å². The molecule has 2 unspecified atom stereocenters. The summed E-state index contributed by atoms with van der Waals surface area (Å²) < 4.78 is 33.9. The average Bonchev–Trinajstić information content (AvgIpc) is 2.96. The van der Waals surface area contributed by atoms with Gasteiger partial charge in [0.15, 0.2) is 0 Å². The van der Waals surface area contributed by atoms with Crippen molar-refractivity contribution in [3.05, 3.63) is 106 Å². The number of benzene rings is 3. The lowest BCUT2D eigenvalue weighted by molar-refractivity contribution is 0.0755. The van der Waals surface area contributed by atoms with Crippen molar-refractivity contribution < 1.29 is 23.1 Å². The van der Waals surface area contributed by atoms with Crippen molar-refractivity contribution in [3.8, 4) is 0 Å². The van der Waals surface area contributed by atoms with Crippen molar-refractivity contribution in [1.29, 1.82) is 0 Å². The van der Waals surface area contributed by atoms with E-state index in [9.17, 15) is 18.4 Å². The maximum atomic E-state index is 14.0. The molecule has 0 radical (unpaired) electrons. The normalized spacial score (nSPS) is 12.5. The molecule has 3 aromatic carbocycles. The van der Waals surface area contributed by atoms with Gasteiger partial charge in [-0.3, -0.25) is 9.59 Å². The number of ether oxygens (including phenoxy) is 1. The monoisotopic (exact) mass is 592 g/mol. The molecule has 0 aliphatic heterocycles. The Hall–Kier alpha value is -3.58. The summed E-state index contributed by atoms with van der Waals surface area (Å²) in [4.78, 5) is 28.7. The second-order valence-electron chi connectivity index (χ2n) is 11.6. The number of nitrogens with zero attached hydrogens (tertiary/aromatic N) is 1. The second-order valence-corrected chi connectivity index (χ2v) is 11.6. The van der Waals surface area contributed by atoms with Crippen LogP contribution in [0.2, 0.25) is 0 Å². The number of carbonyl (C=O) groups is 2. The first-order valence-corrected chi connectivity index (χ1v) is 15.4. The highest BCUT2D eigenvalue weighted by atomic mass is 19.1. The van der Waals surface area contributed by atoms with E-state index in [2.05, 4.69) is 36.5 Å². The van der Waals surface area contributed by atoms with E-state index < -0.39 is 17.7 Å². The van der Waals surface area contributed by atoms with Crippen LogP contribution < -0.4 is 5.32 Å². The molecule has 0 aliphatic carbocycles. The van der Waals surface area contributed by atoms with Crippen molar-refractivity contribution >= 4 is 11.8 Å². The SMILES string of the molecule is CCCN(CCC)C(=O)c1cc(C)cc(C(=O)NC(Cc2cc(F)cc(F)c2)C(C)CCOCCc2ccc(C)cc2)c1. The maximum Gasteiger partial charge on any atom is 0.253 e. The topological polar surface area (TPSA) is 58.6 Å². The number of hydrogen-bond acceptors (Lipinski definition) is 3. The summed E-state index contributed by atoms with van der Waals surface area (Å²) >= 11 is 0. The summed E-state index contributed by atoms with van der Waals surface area (Å²) in [6.45, 7) is 12.4. The third-order valence-electron chi connectivity index (χ3n) is 7.62. The first-order chi connectivity index (χ1) is 20.6. The van der Waals surface area contributed by atoms with E-state index in [1.165, 1.54) is 23.3 Å². The molecule has 5 nitrogen and oxygen atoms in total. The number of hydrogen-bond donors (Lipinski definition) is 1. The minimum Gasteiger partial charge on any atom is -0.381 e. The molecule has 232 valence electrons. The minimum atomic E-state index is -0.655. The van der Waals surface area contributed by atoms with Gasteiger partial charge in [-0.25, -0.2) is 8.78 Å². The van der Waals surface area contributed by atoms with Crippen LogP contribution in [0.5, 0.6) is 0 Å². The summed E-state index contributed by atoms with van der Waals surface area (Å²) in [6.07, 6.45) is 3.40. The maximum absolute atomic E-state index is 14.0. The molecular weight excluding hydrogens is 546 g/mol.